The van der Waals surface area contributed by atoms with Crippen LogP contribution in [-0.2, 0) is 4.79 Å². The number of nitrogens with zero attached hydrogens (tertiary/aromatic N) is 1. The van der Waals surface area contributed by atoms with Gasteiger partial charge in [0.2, 0.25) is 5.91 Å². The van der Waals surface area contributed by atoms with E-state index in [4.69, 9.17) is 11.6 Å². The number of rotatable bonds is 2. The fourth-order valence-corrected chi connectivity index (χ4v) is 2.20. The number of alkyl halides is 1. The molecule has 0 aromatic heterocycles. The fraction of sp³-hybridized carbons (Fsp3) is 0.909. The molecule has 0 aliphatic carbocycles. The molecule has 1 aliphatic rings. The van der Waals surface area contributed by atoms with Crippen LogP contribution < -0.4 is 0 Å². The average molecular weight is 218 g/mol. The van der Waals surface area contributed by atoms with Crippen LogP contribution in [0.15, 0.2) is 0 Å². The summed E-state index contributed by atoms with van der Waals surface area (Å²) in [7, 11) is 0. The molecule has 1 amide bonds. The lowest BCUT2D eigenvalue weighted by Crippen LogP contribution is -2.41. The number of halogens is 1. The maximum absolute atomic E-state index is 11.7. The highest BCUT2D eigenvalue weighted by Gasteiger charge is 2.26. The van der Waals surface area contributed by atoms with E-state index < -0.39 is 0 Å². The molecule has 1 heterocycles. The van der Waals surface area contributed by atoms with Crippen LogP contribution in [0.1, 0.15) is 33.6 Å². The van der Waals surface area contributed by atoms with Crippen LogP contribution in [0.4, 0.5) is 0 Å². The molecule has 0 bridgehead atoms. The summed E-state index contributed by atoms with van der Waals surface area (Å²) in [5, 5.41) is 0.242. The molecule has 82 valence electrons. The summed E-state index contributed by atoms with van der Waals surface area (Å²) in [6.07, 6.45) is 2.12. The quantitative estimate of drug-likeness (QED) is 0.651. The molecular weight excluding hydrogens is 198 g/mol. The number of hydrogen-bond donors (Lipinski definition) is 0. The van der Waals surface area contributed by atoms with Crippen LogP contribution in [0.3, 0.4) is 0 Å². The summed E-state index contributed by atoms with van der Waals surface area (Å²) in [6, 6.07) is 0. The zero-order valence-corrected chi connectivity index (χ0v) is 10.0. The number of carbonyl (C=O) groups is 1. The van der Waals surface area contributed by atoms with Crippen molar-refractivity contribution >= 4 is 17.5 Å². The predicted octanol–water partition coefficient (Wildman–Crippen LogP) is 2.51. The summed E-state index contributed by atoms with van der Waals surface area (Å²) in [4.78, 5) is 13.6. The van der Waals surface area contributed by atoms with Crippen molar-refractivity contribution in [3.63, 3.8) is 0 Å². The Kier molecular flexibility index (Phi) is 4.24. The lowest BCUT2D eigenvalue weighted by atomic mass is 9.93. The minimum Gasteiger partial charge on any atom is -0.342 e. The second kappa shape index (κ2) is 5.01. The highest BCUT2D eigenvalue weighted by molar-refractivity contribution is 6.20. The number of amides is 1. The van der Waals surface area contributed by atoms with Crippen LogP contribution in [0.5, 0.6) is 0 Å². The smallest absolute Gasteiger partial charge is 0.225 e. The zero-order chi connectivity index (χ0) is 10.7. The van der Waals surface area contributed by atoms with E-state index in [0.717, 1.165) is 25.9 Å². The molecule has 3 heteroatoms. The van der Waals surface area contributed by atoms with Crippen molar-refractivity contribution in [3.8, 4) is 0 Å². The maximum atomic E-state index is 11.7. The predicted molar refractivity (Wildman–Crippen MR) is 59.5 cm³/mol. The maximum Gasteiger partial charge on any atom is 0.225 e. The highest BCUT2D eigenvalue weighted by Crippen LogP contribution is 2.24. The lowest BCUT2D eigenvalue weighted by Gasteiger charge is -2.34. The third kappa shape index (κ3) is 2.88. The second-order valence-electron chi connectivity index (χ2n) is 4.49. The first-order valence-electron chi connectivity index (χ1n) is 5.45. The molecule has 1 rings (SSSR count). The number of piperidine rings is 1. The third-order valence-electron chi connectivity index (χ3n) is 2.99. The molecule has 1 unspecified atom stereocenters. The van der Waals surface area contributed by atoms with Crippen LogP contribution in [-0.4, -0.2) is 29.3 Å². The first-order chi connectivity index (χ1) is 6.52. The Hall–Kier alpha value is -0.240. The van der Waals surface area contributed by atoms with Gasteiger partial charge in [-0.2, -0.15) is 0 Å². The lowest BCUT2D eigenvalue weighted by molar-refractivity contribution is -0.135. The van der Waals surface area contributed by atoms with Crippen LogP contribution in [0, 0.1) is 11.8 Å². The van der Waals surface area contributed by atoms with Gasteiger partial charge >= 0.3 is 0 Å². The Morgan fingerprint density at radius 1 is 1.29 bits per heavy atom. The monoisotopic (exact) mass is 217 g/mol. The summed E-state index contributed by atoms with van der Waals surface area (Å²) >= 11 is 6.04. The van der Waals surface area contributed by atoms with Gasteiger partial charge in [0.05, 0.1) is 0 Å². The van der Waals surface area contributed by atoms with Gasteiger partial charge in [-0.15, -0.1) is 11.6 Å². The molecule has 0 aromatic rings. The molecule has 1 atom stereocenters. The van der Waals surface area contributed by atoms with Crippen molar-refractivity contribution in [2.24, 2.45) is 11.8 Å². The average Bonchev–Trinajstić information content (AvgIpc) is 2.16. The molecule has 2 nitrogen and oxygen atoms in total. The number of carbonyl (C=O) groups excluding carboxylic acids is 1. The summed E-state index contributed by atoms with van der Waals surface area (Å²) < 4.78 is 0. The molecule has 0 radical (unpaired) electrons. The minimum atomic E-state index is 0.125. The Morgan fingerprint density at radius 3 is 2.14 bits per heavy atom. The molecule has 0 spiro atoms. The Bertz CT molecular complexity index is 195. The van der Waals surface area contributed by atoms with Gasteiger partial charge in [0.25, 0.3) is 0 Å². The van der Waals surface area contributed by atoms with Gasteiger partial charge in [-0.1, -0.05) is 13.8 Å². The number of likely N-dealkylation sites (tertiary alicyclic amines) is 1. The van der Waals surface area contributed by atoms with Crippen molar-refractivity contribution in [2.45, 2.75) is 39.0 Å². The molecule has 0 saturated carbocycles. The standard InChI is InChI=1S/C11H20ClNO/c1-8(2)11(14)13-6-4-10(5-7-13)9(3)12/h8-10H,4-7H2,1-3H3. The van der Waals surface area contributed by atoms with Gasteiger partial charge < -0.3 is 4.90 Å². The van der Waals surface area contributed by atoms with Crippen LogP contribution >= 0.6 is 11.6 Å². The van der Waals surface area contributed by atoms with E-state index in [1.54, 1.807) is 0 Å². The normalized spacial score (nSPS) is 21.4. The van der Waals surface area contributed by atoms with Crippen molar-refractivity contribution in [2.75, 3.05) is 13.1 Å². The van der Waals surface area contributed by atoms with Crippen molar-refractivity contribution in [3.05, 3.63) is 0 Å². The first-order valence-corrected chi connectivity index (χ1v) is 5.89. The van der Waals surface area contributed by atoms with Crippen molar-refractivity contribution in [1.29, 1.82) is 0 Å². The topological polar surface area (TPSA) is 20.3 Å². The Balaban J connectivity index is 2.39. The van der Waals surface area contributed by atoms with Gasteiger partial charge in [-0.25, -0.2) is 0 Å². The molecular formula is C11H20ClNO. The van der Waals surface area contributed by atoms with Gasteiger partial charge in [-0.05, 0) is 25.7 Å². The van der Waals surface area contributed by atoms with E-state index in [-0.39, 0.29) is 17.2 Å². The zero-order valence-electron chi connectivity index (χ0n) is 9.29. The summed E-state index contributed by atoms with van der Waals surface area (Å²) in [6.45, 7) is 7.74. The van der Waals surface area contributed by atoms with Crippen molar-refractivity contribution in [1.82, 2.24) is 4.90 Å². The fourth-order valence-electron chi connectivity index (χ4n) is 1.94. The van der Waals surface area contributed by atoms with Crippen molar-refractivity contribution < 1.29 is 4.79 Å². The molecule has 1 fully saturated rings. The van der Waals surface area contributed by atoms with E-state index in [1.807, 2.05) is 25.7 Å². The van der Waals surface area contributed by atoms with Crippen LogP contribution in [0.25, 0.3) is 0 Å². The molecule has 0 N–H and O–H groups in total. The largest absolute Gasteiger partial charge is 0.342 e. The minimum absolute atomic E-state index is 0.125. The number of hydrogen-bond acceptors (Lipinski definition) is 1. The van der Waals surface area contributed by atoms with Gasteiger partial charge in [0, 0.05) is 24.4 Å². The van der Waals surface area contributed by atoms with Gasteiger partial charge in [0.1, 0.15) is 0 Å². The van der Waals surface area contributed by atoms with E-state index in [9.17, 15) is 4.79 Å². The van der Waals surface area contributed by atoms with Crippen LogP contribution in [0.2, 0.25) is 0 Å². The highest BCUT2D eigenvalue weighted by atomic mass is 35.5. The molecule has 0 aromatic carbocycles. The summed E-state index contributed by atoms with van der Waals surface area (Å²) in [5.74, 6) is 0.999. The van der Waals surface area contributed by atoms with Gasteiger partial charge in [-0.3, -0.25) is 4.79 Å². The molecule has 1 saturated heterocycles. The Labute approximate surface area is 91.6 Å². The van der Waals surface area contributed by atoms with E-state index >= 15 is 0 Å². The molecule has 14 heavy (non-hydrogen) atoms. The second-order valence-corrected chi connectivity index (χ2v) is 5.18. The Morgan fingerprint density at radius 2 is 1.79 bits per heavy atom. The van der Waals surface area contributed by atoms with Gasteiger partial charge in [0.15, 0.2) is 0 Å². The van der Waals surface area contributed by atoms with E-state index in [2.05, 4.69) is 0 Å². The van der Waals surface area contributed by atoms with E-state index in [1.165, 1.54) is 0 Å². The summed E-state index contributed by atoms with van der Waals surface area (Å²) in [5.41, 5.74) is 0. The molecule has 1 aliphatic heterocycles. The van der Waals surface area contributed by atoms with E-state index in [0.29, 0.717) is 5.92 Å². The SMILES string of the molecule is CC(C)C(=O)N1CCC(C(C)Cl)CC1. The third-order valence-corrected chi connectivity index (χ3v) is 3.35. The first kappa shape index (κ1) is 11.8.